The maximum absolute atomic E-state index is 13.1. The van der Waals surface area contributed by atoms with Crippen molar-refractivity contribution < 1.29 is 14.4 Å². The summed E-state index contributed by atoms with van der Waals surface area (Å²) in [5, 5.41) is 17.4. The summed E-state index contributed by atoms with van der Waals surface area (Å²) in [6.07, 6.45) is 5.30. The lowest BCUT2D eigenvalue weighted by atomic mass is 9.94. The van der Waals surface area contributed by atoms with Crippen LogP contribution in [-0.2, 0) is 6.54 Å². The van der Waals surface area contributed by atoms with Crippen LogP contribution < -0.4 is 0 Å². The van der Waals surface area contributed by atoms with Gasteiger partial charge in [-0.05, 0) is 18.9 Å². The molecule has 0 aliphatic carbocycles. The van der Waals surface area contributed by atoms with Crippen molar-refractivity contribution in [3.8, 4) is 11.3 Å². The number of likely N-dealkylation sites (tertiary alicyclic amines) is 1. The van der Waals surface area contributed by atoms with E-state index in [1.807, 2.05) is 47.5 Å². The summed E-state index contributed by atoms with van der Waals surface area (Å²) >= 11 is 0. The molecule has 2 aromatic heterocycles. The van der Waals surface area contributed by atoms with Gasteiger partial charge >= 0.3 is 0 Å². The molecular weight excluding hydrogens is 344 g/mol. The van der Waals surface area contributed by atoms with Gasteiger partial charge in [-0.1, -0.05) is 35.5 Å². The minimum atomic E-state index is -0.0606. The Hall–Kier alpha value is -2.93. The Labute approximate surface area is 157 Å². The zero-order valence-corrected chi connectivity index (χ0v) is 15.0. The average Bonchev–Trinajstić information content (AvgIpc) is 3.38. The Balaban J connectivity index is 1.52. The number of carbonyl (C=O) groups is 1. The second-order valence-electron chi connectivity index (χ2n) is 6.75. The van der Waals surface area contributed by atoms with Gasteiger partial charge in [-0.3, -0.25) is 9.48 Å². The summed E-state index contributed by atoms with van der Waals surface area (Å²) in [5.74, 6) is 0.646. The highest BCUT2D eigenvalue weighted by atomic mass is 16.5. The molecule has 0 saturated carbocycles. The summed E-state index contributed by atoms with van der Waals surface area (Å²) in [7, 11) is 0. The molecule has 7 heteroatoms. The average molecular weight is 366 g/mol. The third kappa shape index (κ3) is 3.64. The van der Waals surface area contributed by atoms with E-state index in [0.717, 1.165) is 24.1 Å². The lowest BCUT2D eigenvalue weighted by Crippen LogP contribution is -2.39. The first-order valence-electron chi connectivity index (χ1n) is 9.20. The van der Waals surface area contributed by atoms with Crippen LogP contribution >= 0.6 is 0 Å². The molecule has 0 spiro atoms. The van der Waals surface area contributed by atoms with E-state index in [0.29, 0.717) is 31.0 Å². The fourth-order valence-corrected chi connectivity index (χ4v) is 3.59. The Morgan fingerprint density at radius 1 is 1.26 bits per heavy atom. The zero-order chi connectivity index (χ0) is 18.6. The number of nitrogens with zero attached hydrogens (tertiary/aromatic N) is 4. The molecule has 1 aliphatic heterocycles. The first-order valence-corrected chi connectivity index (χ1v) is 9.20. The maximum atomic E-state index is 13.1. The molecule has 4 rings (SSSR count). The van der Waals surface area contributed by atoms with Gasteiger partial charge in [0.25, 0.3) is 5.91 Å². The fourth-order valence-electron chi connectivity index (χ4n) is 3.59. The van der Waals surface area contributed by atoms with Gasteiger partial charge in [0.05, 0.1) is 25.0 Å². The van der Waals surface area contributed by atoms with Crippen LogP contribution in [0.2, 0.25) is 0 Å². The molecule has 1 fully saturated rings. The number of piperidine rings is 1. The van der Waals surface area contributed by atoms with E-state index in [2.05, 4.69) is 10.3 Å². The van der Waals surface area contributed by atoms with Crippen LogP contribution in [0.1, 0.15) is 34.8 Å². The number of amides is 1. The highest BCUT2D eigenvalue weighted by Gasteiger charge is 2.29. The van der Waals surface area contributed by atoms with Crippen LogP contribution in [-0.4, -0.2) is 50.5 Å². The lowest BCUT2D eigenvalue weighted by Gasteiger charge is -2.31. The second-order valence-corrected chi connectivity index (χ2v) is 6.75. The van der Waals surface area contributed by atoms with Crippen molar-refractivity contribution in [1.82, 2.24) is 19.8 Å². The maximum Gasteiger partial charge on any atom is 0.259 e. The minimum Gasteiger partial charge on any atom is -0.394 e. The number of hydrogen-bond donors (Lipinski definition) is 1. The first kappa shape index (κ1) is 17.5. The molecule has 1 unspecified atom stereocenters. The number of benzene rings is 1. The number of aliphatic hydroxyl groups is 1. The number of aromatic nitrogens is 3. The lowest BCUT2D eigenvalue weighted by molar-refractivity contribution is 0.0706. The van der Waals surface area contributed by atoms with Gasteiger partial charge in [-0.25, -0.2) is 0 Å². The summed E-state index contributed by atoms with van der Waals surface area (Å²) in [6, 6.07) is 11.5. The standard InChI is InChI=1S/C20H22N4O3/c25-12-11-24-10-8-18(22-24)16-7-4-9-23(14-16)20(26)17-13-21-27-19(17)15-5-2-1-3-6-15/h1-3,5-6,8,10,13,16,25H,4,7,9,11-12,14H2. The molecule has 1 aliphatic rings. The molecule has 1 N–H and O–H groups in total. The van der Waals surface area contributed by atoms with Crippen molar-refractivity contribution in [2.45, 2.75) is 25.3 Å². The molecule has 7 nitrogen and oxygen atoms in total. The third-order valence-electron chi connectivity index (χ3n) is 4.95. The van der Waals surface area contributed by atoms with Crippen LogP contribution in [0, 0.1) is 0 Å². The topological polar surface area (TPSA) is 84.4 Å². The predicted molar refractivity (Wildman–Crippen MR) is 99.1 cm³/mol. The van der Waals surface area contributed by atoms with Crippen molar-refractivity contribution in [1.29, 1.82) is 0 Å². The molecule has 0 bridgehead atoms. The van der Waals surface area contributed by atoms with Gasteiger partial charge in [-0.15, -0.1) is 0 Å². The van der Waals surface area contributed by atoms with E-state index in [1.165, 1.54) is 6.20 Å². The normalized spacial score (nSPS) is 17.2. The number of rotatable bonds is 5. The molecule has 1 saturated heterocycles. The first-order chi connectivity index (χ1) is 13.3. The quantitative estimate of drug-likeness (QED) is 0.750. The molecule has 27 heavy (non-hydrogen) atoms. The second kappa shape index (κ2) is 7.75. The van der Waals surface area contributed by atoms with E-state index >= 15 is 0 Å². The molecule has 3 heterocycles. The summed E-state index contributed by atoms with van der Waals surface area (Å²) in [6.45, 7) is 1.88. The van der Waals surface area contributed by atoms with E-state index in [4.69, 9.17) is 9.63 Å². The van der Waals surface area contributed by atoms with Gasteiger partial charge in [0.1, 0.15) is 5.56 Å². The van der Waals surface area contributed by atoms with E-state index in [1.54, 1.807) is 4.68 Å². The Bertz CT molecular complexity index is 903. The highest BCUT2D eigenvalue weighted by molar-refractivity contribution is 5.99. The van der Waals surface area contributed by atoms with Gasteiger partial charge in [0.2, 0.25) is 0 Å². The van der Waals surface area contributed by atoms with Gasteiger partial charge in [0, 0.05) is 30.8 Å². The molecule has 0 radical (unpaired) electrons. The number of carbonyl (C=O) groups excluding carboxylic acids is 1. The van der Waals surface area contributed by atoms with Crippen LogP contribution in [0.4, 0.5) is 0 Å². The summed E-state index contributed by atoms with van der Waals surface area (Å²) < 4.78 is 7.11. The van der Waals surface area contributed by atoms with Crippen molar-refractivity contribution in [2.24, 2.45) is 0 Å². The van der Waals surface area contributed by atoms with Crippen molar-refractivity contribution >= 4 is 5.91 Å². The highest BCUT2D eigenvalue weighted by Crippen LogP contribution is 2.29. The Morgan fingerprint density at radius 3 is 2.93 bits per heavy atom. The zero-order valence-electron chi connectivity index (χ0n) is 15.0. The van der Waals surface area contributed by atoms with Crippen molar-refractivity contribution in [3.63, 3.8) is 0 Å². The summed E-state index contributed by atoms with van der Waals surface area (Å²) in [5.41, 5.74) is 2.30. The number of hydrogen-bond acceptors (Lipinski definition) is 5. The minimum absolute atomic E-state index is 0.0606. The predicted octanol–water partition coefficient (Wildman–Crippen LogP) is 2.55. The third-order valence-corrected chi connectivity index (χ3v) is 4.95. The van der Waals surface area contributed by atoms with E-state index < -0.39 is 0 Å². The molecule has 1 atom stereocenters. The molecule has 3 aromatic rings. The molecule has 1 aromatic carbocycles. The monoisotopic (exact) mass is 366 g/mol. The fraction of sp³-hybridized carbons (Fsp3) is 0.350. The smallest absolute Gasteiger partial charge is 0.259 e. The molecule has 1 amide bonds. The van der Waals surface area contributed by atoms with Gasteiger partial charge in [0.15, 0.2) is 5.76 Å². The Kier molecular flexibility index (Phi) is 5.02. The largest absolute Gasteiger partial charge is 0.394 e. The van der Waals surface area contributed by atoms with E-state index in [-0.39, 0.29) is 18.4 Å². The van der Waals surface area contributed by atoms with E-state index in [9.17, 15) is 4.79 Å². The van der Waals surface area contributed by atoms with Crippen molar-refractivity contribution in [2.75, 3.05) is 19.7 Å². The number of aliphatic hydroxyl groups excluding tert-OH is 1. The van der Waals surface area contributed by atoms with Crippen LogP contribution in [0.25, 0.3) is 11.3 Å². The van der Waals surface area contributed by atoms with Gasteiger partial charge < -0.3 is 14.5 Å². The van der Waals surface area contributed by atoms with Gasteiger partial charge in [-0.2, -0.15) is 5.10 Å². The Morgan fingerprint density at radius 2 is 2.11 bits per heavy atom. The molecule has 140 valence electrons. The van der Waals surface area contributed by atoms with Crippen LogP contribution in [0.5, 0.6) is 0 Å². The van der Waals surface area contributed by atoms with Crippen LogP contribution in [0.3, 0.4) is 0 Å². The van der Waals surface area contributed by atoms with Crippen LogP contribution in [0.15, 0.2) is 53.3 Å². The summed E-state index contributed by atoms with van der Waals surface area (Å²) in [4.78, 5) is 15.0. The molecular formula is C20H22N4O3. The SMILES string of the molecule is O=C(c1cnoc1-c1ccccc1)N1CCCC(c2ccn(CCO)n2)C1. The van der Waals surface area contributed by atoms with Crippen molar-refractivity contribution in [3.05, 3.63) is 60.0 Å².